The summed E-state index contributed by atoms with van der Waals surface area (Å²) in [7, 11) is 0. The predicted octanol–water partition coefficient (Wildman–Crippen LogP) is 2.82. The molecule has 0 radical (unpaired) electrons. The molecule has 8 heteroatoms. The lowest BCUT2D eigenvalue weighted by Gasteiger charge is -2.33. The van der Waals surface area contributed by atoms with E-state index < -0.39 is 0 Å². The third-order valence-corrected chi connectivity index (χ3v) is 5.42. The van der Waals surface area contributed by atoms with Gasteiger partial charge in [0, 0.05) is 32.7 Å². The molecule has 7 nitrogen and oxygen atoms in total. The van der Waals surface area contributed by atoms with E-state index >= 15 is 0 Å². The van der Waals surface area contributed by atoms with E-state index in [0.717, 1.165) is 37.3 Å². The molecule has 1 fully saturated rings. The molecule has 3 aromatic rings. The van der Waals surface area contributed by atoms with Gasteiger partial charge in [0.05, 0.1) is 23.7 Å². The Morgan fingerprint density at radius 2 is 1.67 bits per heavy atom. The Balaban J connectivity index is 1.21. The van der Waals surface area contributed by atoms with Gasteiger partial charge in [-0.15, -0.1) is 10.2 Å². The van der Waals surface area contributed by atoms with Crippen LogP contribution in [0.15, 0.2) is 59.0 Å². The highest BCUT2D eigenvalue weighted by atomic mass is 35.5. The van der Waals surface area contributed by atoms with Crippen LogP contribution in [0.2, 0.25) is 5.02 Å². The normalized spacial score (nSPS) is 15.2. The van der Waals surface area contributed by atoms with Crippen LogP contribution in [-0.2, 0) is 17.9 Å². The van der Waals surface area contributed by atoms with Crippen LogP contribution in [0.1, 0.15) is 11.5 Å². The van der Waals surface area contributed by atoms with Gasteiger partial charge < -0.3 is 9.73 Å². The maximum absolute atomic E-state index is 12.2. The van der Waals surface area contributed by atoms with Crippen LogP contribution >= 0.6 is 11.6 Å². The maximum Gasteiger partial charge on any atom is 0.249 e. The van der Waals surface area contributed by atoms with Crippen LogP contribution in [0.4, 0.5) is 0 Å². The van der Waals surface area contributed by atoms with Crippen molar-refractivity contribution in [1.82, 2.24) is 25.3 Å². The second-order valence-corrected chi connectivity index (χ2v) is 7.70. The van der Waals surface area contributed by atoms with Crippen molar-refractivity contribution in [2.24, 2.45) is 0 Å². The zero-order valence-electron chi connectivity index (χ0n) is 16.6. The van der Waals surface area contributed by atoms with E-state index in [4.69, 9.17) is 16.0 Å². The molecule has 0 spiro atoms. The zero-order valence-corrected chi connectivity index (χ0v) is 17.4. The molecule has 0 atom stereocenters. The van der Waals surface area contributed by atoms with Crippen LogP contribution in [0.3, 0.4) is 0 Å². The maximum atomic E-state index is 12.2. The van der Waals surface area contributed by atoms with E-state index in [9.17, 15) is 4.79 Å². The number of nitrogens with one attached hydrogen (secondary N) is 1. The Bertz CT molecular complexity index is 970. The molecule has 30 heavy (non-hydrogen) atoms. The zero-order chi connectivity index (χ0) is 20.8. The molecule has 1 saturated heterocycles. The number of piperazine rings is 1. The number of carbonyl (C=O) groups is 1. The summed E-state index contributed by atoms with van der Waals surface area (Å²) in [6.07, 6.45) is 0. The molecule has 2 aromatic carbocycles. The highest BCUT2D eigenvalue weighted by Crippen LogP contribution is 2.26. The monoisotopic (exact) mass is 425 g/mol. The molecule has 2 heterocycles. The molecule has 1 aromatic heterocycles. The Hall–Kier alpha value is -2.74. The summed E-state index contributed by atoms with van der Waals surface area (Å²) < 4.78 is 5.79. The first-order chi connectivity index (χ1) is 14.7. The molecule has 4 rings (SSSR count). The molecule has 1 N–H and O–H groups in total. The minimum Gasteiger partial charge on any atom is -0.419 e. The molecule has 0 aliphatic carbocycles. The number of hydrogen-bond donors (Lipinski definition) is 1. The summed E-state index contributed by atoms with van der Waals surface area (Å²) in [5.41, 5.74) is 1.84. The molecular formula is C22H24ClN5O2. The lowest BCUT2D eigenvalue weighted by atomic mass is 10.2. The molecule has 0 unspecified atom stereocenters. The molecular weight excluding hydrogens is 402 g/mol. The van der Waals surface area contributed by atoms with Crippen LogP contribution in [0.5, 0.6) is 0 Å². The molecule has 1 aliphatic rings. The van der Waals surface area contributed by atoms with Crippen molar-refractivity contribution in [3.8, 4) is 11.5 Å². The van der Waals surface area contributed by atoms with Gasteiger partial charge in [0.25, 0.3) is 0 Å². The van der Waals surface area contributed by atoms with E-state index in [2.05, 4.69) is 25.3 Å². The number of hydrogen-bond acceptors (Lipinski definition) is 6. The first-order valence-electron chi connectivity index (χ1n) is 10.00. The van der Waals surface area contributed by atoms with Crippen LogP contribution < -0.4 is 5.32 Å². The van der Waals surface area contributed by atoms with Crippen LogP contribution in [0.25, 0.3) is 11.5 Å². The molecule has 1 aliphatic heterocycles. The average Bonchev–Trinajstić information content (AvgIpc) is 3.23. The third kappa shape index (κ3) is 5.44. The van der Waals surface area contributed by atoms with Crippen molar-refractivity contribution in [3.63, 3.8) is 0 Å². The fourth-order valence-corrected chi connectivity index (χ4v) is 3.63. The number of amides is 1. The lowest BCUT2D eigenvalue weighted by molar-refractivity contribution is -0.122. The van der Waals surface area contributed by atoms with E-state index in [1.54, 1.807) is 6.07 Å². The van der Waals surface area contributed by atoms with Gasteiger partial charge in [0.2, 0.25) is 17.7 Å². The van der Waals surface area contributed by atoms with Gasteiger partial charge in [-0.25, -0.2) is 0 Å². The minimum atomic E-state index is 0.0496. The topological polar surface area (TPSA) is 74.5 Å². The van der Waals surface area contributed by atoms with Gasteiger partial charge in [0.15, 0.2) is 0 Å². The standard InChI is InChI=1S/C22H24ClN5O2/c23-19-9-5-4-8-18(19)22-26-25-21(30-22)16-28-12-10-27(11-13-28)15-20(29)24-14-17-6-2-1-3-7-17/h1-9H,10-16H2,(H,24,29). The fourth-order valence-electron chi connectivity index (χ4n) is 3.41. The largest absolute Gasteiger partial charge is 0.419 e. The Kier molecular flexibility index (Phi) is 6.74. The Morgan fingerprint density at radius 1 is 0.967 bits per heavy atom. The summed E-state index contributed by atoms with van der Waals surface area (Å²) in [6.45, 7) is 4.90. The van der Waals surface area contributed by atoms with Gasteiger partial charge in [-0.1, -0.05) is 54.1 Å². The number of halogens is 1. The Labute approximate surface area is 180 Å². The van der Waals surface area contributed by atoms with Crippen LogP contribution in [-0.4, -0.2) is 58.6 Å². The predicted molar refractivity (Wildman–Crippen MR) is 115 cm³/mol. The van der Waals surface area contributed by atoms with E-state index in [1.165, 1.54) is 0 Å². The first-order valence-corrected chi connectivity index (χ1v) is 10.4. The third-order valence-electron chi connectivity index (χ3n) is 5.09. The van der Waals surface area contributed by atoms with Crippen molar-refractivity contribution >= 4 is 17.5 Å². The van der Waals surface area contributed by atoms with Gasteiger partial charge in [-0.2, -0.15) is 0 Å². The summed E-state index contributed by atoms with van der Waals surface area (Å²) >= 11 is 6.20. The molecule has 0 saturated carbocycles. The first kappa shape index (κ1) is 20.5. The number of nitrogens with zero attached hydrogens (tertiary/aromatic N) is 4. The smallest absolute Gasteiger partial charge is 0.249 e. The molecule has 156 valence electrons. The summed E-state index contributed by atoms with van der Waals surface area (Å²) in [5.74, 6) is 1.05. The minimum absolute atomic E-state index is 0.0496. The molecule has 0 bridgehead atoms. The van der Waals surface area contributed by atoms with E-state index in [0.29, 0.717) is 36.4 Å². The number of benzene rings is 2. The van der Waals surface area contributed by atoms with E-state index in [-0.39, 0.29) is 5.91 Å². The van der Waals surface area contributed by atoms with Crippen molar-refractivity contribution < 1.29 is 9.21 Å². The van der Waals surface area contributed by atoms with E-state index in [1.807, 2.05) is 48.5 Å². The summed E-state index contributed by atoms with van der Waals surface area (Å²) in [4.78, 5) is 16.6. The lowest BCUT2D eigenvalue weighted by Crippen LogP contribution is -2.49. The highest BCUT2D eigenvalue weighted by Gasteiger charge is 2.21. The number of carbonyl (C=O) groups excluding carboxylic acids is 1. The quantitative estimate of drug-likeness (QED) is 0.627. The second-order valence-electron chi connectivity index (χ2n) is 7.30. The van der Waals surface area contributed by atoms with Crippen molar-refractivity contribution in [1.29, 1.82) is 0 Å². The SMILES string of the molecule is O=C(CN1CCN(Cc2nnc(-c3ccccc3Cl)o2)CC1)NCc1ccccc1. The van der Waals surface area contributed by atoms with Gasteiger partial charge in [-0.3, -0.25) is 14.6 Å². The van der Waals surface area contributed by atoms with Crippen LogP contribution in [0, 0.1) is 0 Å². The van der Waals surface area contributed by atoms with Gasteiger partial charge in [-0.05, 0) is 17.7 Å². The van der Waals surface area contributed by atoms with Crippen molar-refractivity contribution in [2.45, 2.75) is 13.1 Å². The second kappa shape index (κ2) is 9.84. The number of rotatable bonds is 7. The van der Waals surface area contributed by atoms with Crippen molar-refractivity contribution in [3.05, 3.63) is 71.1 Å². The fraction of sp³-hybridized carbons (Fsp3) is 0.318. The number of aromatic nitrogens is 2. The van der Waals surface area contributed by atoms with Gasteiger partial charge >= 0.3 is 0 Å². The molecule has 1 amide bonds. The Morgan fingerprint density at radius 3 is 2.43 bits per heavy atom. The summed E-state index contributed by atoms with van der Waals surface area (Å²) in [6, 6.07) is 17.4. The summed E-state index contributed by atoms with van der Waals surface area (Å²) in [5, 5.41) is 11.8. The van der Waals surface area contributed by atoms with Gasteiger partial charge in [0.1, 0.15) is 0 Å². The van der Waals surface area contributed by atoms with Crippen molar-refractivity contribution in [2.75, 3.05) is 32.7 Å². The average molecular weight is 426 g/mol. The highest BCUT2D eigenvalue weighted by molar-refractivity contribution is 6.33.